The average molecular weight is 241 g/mol. The molecule has 0 saturated carbocycles. The van der Waals surface area contributed by atoms with Crippen molar-refractivity contribution < 1.29 is 4.79 Å². The minimum absolute atomic E-state index is 0.266. The van der Waals surface area contributed by atoms with E-state index < -0.39 is 0 Å². The first-order valence-electron chi connectivity index (χ1n) is 6.79. The van der Waals surface area contributed by atoms with Crippen LogP contribution in [0.2, 0.25) is 0 Å². The summed E-state index contributed by atoms with van der Waals surface area (Å²) in [5, 5.41) is 3.49. The summed E-state index contributed by atoms with van der Waals surface area (Å²) in [5.74, 6) is 0.266. The molecule has 0 aromatic rings. The Hall–Kier alpha value is -0.610. The van der Waals surface area contributed by atoms with Gasteiger partial charge < -0.3 is 15.1 Å². The van der Waals surface area contributed by atoms with Crippen LogP contribution in [0.3, 0.4) is 0 Å². The number of amides is 1. The third-order valence-electron chi connectivity index (χ3n) is 3.77. The van der Waals surface area contributed by atoms with Crippen molar-refractivity contribution in [1.82, 2.24) is 15.1 Å². The zero-order valence-corrected chi connectivity index (χ0v) is 11.7. The standard InChI is InChI=1S/C13H27N3O/c1-5-16(6-2)13(17)7-8-14-12-9-11(3)15(4)10-12/h11-12,14H,5-10H2,1-4H3. The molecule has 0 aliphatic carbocycles. The first kappa shape index (κ1) is 14.5. The van der Waals surface area contributed by atoms with E-state index in [-0.39, 0.29) is 5.91 Å². The Labute approximate surface area is 105 Å². The van der Waals surface area contributed by atoms with Crippen LogP contribution >= 0.6 is 0 Å². The lowest BCUT2D eigenvalue weighted by Gasteiger charge is -2.19. The van der Waals surface area contributed by atoms with E-state index >= 15 is 0 Å². The fourth-order valence-electron chi connectivity index (χ4n) is 2.46. The summed E-state index contributed by atoms with van der Waals surface area (Å²) in [4.78, 5) is 16.0. The van der Waals surface area contributed by atoms with Crippen LogP contribution in [0, 0.1) is 0 Å². The Morgan fingerprint density at radius 1 is 1.41 bits per heavy atom. The van der Waals surface area contributed by atoms with E-state index in [9.17, 15) is 4.79 Å². The van der Waals surface area contributed by atoms with Crippen molar-refractivity contribution >= 4 is 5.91 Å². The van der Waals surface area contributed by atoms with Crippen molar-refractivity contribution in [2.45, 2.75) is 45.7 Å². The molecule has 0 radical (unpaired) electrons. The lowest BCUT2D eigenvalue weighted by atomic mass is 10.2. The van der Waals surface area contributed by atoms with Gasteiger partial charge >= 0.3 is 0 Å². The Bertz CT molecular complexity index is 231. The molecule has 1 fully saturated rings. The van der Waals surface area contributed by atoms with Gasteiger partial charge in [-0.05, 0) is 34.2 Å². The highest BCUT2D eigenvalue weighted by Gasteiger charge is 2.25. The molecule has 2 atom stereocenters. The molecule has 1 aliphatic heterocycles. The summed E-state index contributed by atoms with van der Waals surface area (Å²) in [5.41, 5.74) is 0. The zero-order chi connectivity index (χ0) is 12.8. The normalized spacial score (nSPS) is 25.2. The van der Waals surface area contributed by atoms with Crippen LogP contribution in [-0.2, 0) is 4.79 Å². The molecular weight excluding hydrogens is 214 g/mol. The zero-order valence-electron chi connectivity index (χ0n) is 11.7. The summed E-state index contributed by atoms with van der Waals surface area (Å²) >= 11 is 0. The molecule has 17 heavy (non-hydrogen) atoms. The molecule has 100 valence electrons. The summed E-state index contributed by atoms with van der Waals surface area (Å²) in [7, 11) is 2.16. The SMILES string of the molecule is CCN(CC)C(=O)CCNC1CC(C)N(C)C1. The maximum Gasteiger partial charge on any atom is 0.223 e. The van der Waals surface area contributed by atoms with Crippen LogP contribution in [0.25, 0.3) is 0 Å². The molecule has 4 heteroatoms. The van der Waals surface area contributed by atoms with Gasteiger partial charge in [0.1, 0.15) is 0 Å². The monoisotopic (exact) mass is 241 g/mol. The van der Waals surface area contributed by atoms with Gasteiger partial charge in [0, 0.05) is 44.7 Å². The van der Waals surface area contributed by atoms with Crippen LogP contribution in [-0.4, -0.2) is 61.0 Å². The number of likely N-dealkylation sites (N-methyl/N-ethyl adjacent to an activating group) is 1. The third-order valence-corrected chi connectivity index (χ3v) is 3.77. The molecule has 1 amide bonds. The molecule has 1 rings (SSSR count). The number of carbonyl (C=O) groups is 1. The molecule has 0 spiro atoms. The number of hydrogen-bond acceptors (Lipinski definition) is 3. The number of nitrogens with zero attached hydrogens (tertiary/aromatic N) is 2. The maximum atomic E-state index is 11.8. The van der Waals surface area contributed by atoms with Crippen LogP contribution in [0.15, 0.2) is 0 Å². The van der Waals surface area contributed by atoms with Crippen LogP contribution in [0.1, 0.15) is 33.6 Å². The highest BCUT2D eigenvalue weighted by molar-refractivity contribution is 5.76. The predicted molar refractivity (Wildman–Crippen MR) is 71.0 cm³/mol. The molecule has 1 heterocycles. The Balaban J connectivity index is 2.18. The van der Waals surface area contributed by atoms with Crippen molar-refractivity contribution in [2.24, 2.45) is 0 Å². The van der Waals surface area contributed by atoms with Crippen molar-refractivity contribution in [2.75, 3.05) is 33.2 Å². The summed E-state index contributed by atoms with van der Waals surface area (Å²) in [6.07, 6.45) is 1.81. The molecule has 2 unspecified atom stereocenters. The average Bonchev–Trinajstić information content (AvgIpc) is 2.60. The Kier molecular flexibility index (Phi) is 5.92. The van der Waals surface area contributed by atoms with E-state index in [1.54, 1.807) is 0 Å². The molecule has 1 aliphatic rings. The second-order valence-electron chi connectivity index (χ2n) is 4.99. The second kappa shape index (κ2) is 6.97. The summed E-state index contributed by atoms with van der Waals surface area (Å²) < 4.78 is 0. The van der Waals surface area contributed by atoms with Gasteiger partial charge in [0.15, 0.2) is 0 Å². The molecular formula is C13H27N3O. The van der Waals surface area contributed by atoms with Crippen molar-refractivity contribution in [1.29, 1.82) is 0 Å². The molecule has 0 bridgehead atoms. The largest absolute Gasteiger partial charge is 0.343 e. The highest BCUT2D eigenvalue weighted by Crippen LogP contribution is 2.14. The van der Waals surface area contributed by atoms with Crippen molar-refractivity contribution in [3.8, 4) is 0 Å². The molecule has 1 saturated heterocycles. The lowest BCUT2D eigenvalue weighted by Crippen LogP contribution is -2.36. The summed E-state index contributed by atoms with van der Waals surface area (Å²) in [6, 6.07) is 1.21. The maximum absolute atomic E-state index is 11.8. The second-order valence-corrected chi connectivity index (χ2v) is 4.99. The lowest BCUT2D eigenvalue weighted by molar-refractivity contribution is -0.130. The van der Waals surface area contributed by atoms with Gasteiger partial charge in [-0.15, -0.1) is 0 Å². The number of rotatable bonds is 6. The number of carbonyl (C=O) groups excluding carboxylic acids is 1. The topological polar surface area (TPSA) is 35.6 Å². The molecule has 0 aromatic carbocycles. The smallest absolute Gasteiger partial charge is 0.223 e. The number of hydrogen-bond donors (Lipinski definition) is 1. The van der Waals surface area contributed by atoms with Crippen LogP contribution in [0.5, 0.6) is 0 Å². The fourth-order valence-corrected chi connectivity index (χ4v) is 2.46. The molecule has 4 nitrogen and oxygen atoms in total. The first-order chi connectivity index (χ1) is 8.08. The number of likely N-dealkylation sites (tertiary alicyclic amines) is 1. The quantitative estimate of drug-likeness (QED) is 0.751. The van der Waals surface area contributed by atoms with E-state index in [1.807, 2.05) is 18.7 Å². The van der Waals surface area contributed by atoms with E-state index in [2.05, 4.69) is 24.2 Å². The minimum atomic E-state index is 0.266. The van der Waals surface area contributed by atoms with Gasteiger partial charge in [-0.2, -0.15) is 0 Å². The van der Waals surface area contributed by atoms with Gasteiger partial charge in [-0.25, -0.2) is 0 Å². The van der Waals surface area contributed by atoms with Gasteiger partial charge in [0.05, 0.1) is 0 Å². The van der Waals surface area contributed by atoms with Gasteiger partial charge in [0.25, 0.3) is 0 Å². The van der Waals surface area contributed by atoms with Crippen molar-refractivity contribution in [3.05, 3.63) is 0 Å². The van der Waals surface area contributed by atoms with E-state index in [0.29, 0.717) is 18.5 Å². The fraction of sp³-hybridized carbons (Fsp3) is 0.923. The first-order valence-corrected chi connectivity index (χ1v) is 6.79. The van der Waals surface area contributed by atoms with Gasteiger partial charge in [-0.3, -0.25) is 4.79 Å². The molecule has 1 N–H and O–H groups in total. The minimum Gasteiger partial charge on any atom is -0.343 e. The summed E-state index contributed by atoms with van der Waals surface area (Å²) in [6.45, 7) is 9.85. The molecule has 0 aromatic heterocycles. The van der Waals surface area contributed by atoms with E-state index in [0.717, 1.165) is 26.2 Å². The van der Waals surface area contributed by atoms with Crippen molar-refractivity contribution in [3.63, 3.8) is 0 Å². The van der Waals surface area contributed by atoms with Gasteiger partial charge in [0.2, 0.25) is 5.91 Å². The van der Waals surface area contributed by atoms with Crippen LogP contribution < -0.4 is 5.32 Å². The van der Waals surface area contributed by atoms with Crippen LogP contribution in [0.4, 0.5) is 0 Å². The number of nitrogens with one attached hydrogen (secondary N) is 1. The highest BCUT2D eigenvalue weighted by atomic mass is 16.2. The predicted octanol–water partition coefficient (Wildman–Crippen LogP) is 0.927. The Morgan fingerprint density at radius 2 is 2.06 bits per heavy atom. The van der Waals surface area contributed by atoms with E-state index in [4.69, 9.17) is 0 Å². The van der Waals surface area contributed by atoms with Gasteiger partial charge in [-0.1, -0.05) is 0 Å². The van der Waals surface area contributed by atoms with E-state index in [1.165, 1.54) is 6.42 Å². The Morgan fingerprint density at radius 3 is 2.53 bits per heavy atom. The third kappa shape index (κ3) is 4.28.